The van der Waals surface area contributed by atoms with Crippen LogP contribution in [0.15, 0.2) is 35.9 Å². The Balaban J connectivity index is 2.20. The molecule has 92 valence electrons. The summed E-state index contributed by atoms with van der Waals surface area (Å²) in [6.45, 7) is 0. The molecule has 3 heteroatoms. The minimum atomic E-state index is 0.0757. The fraction of sp³-hybridized carbons (Fsp3) is 0.188. The van der Waals surface area contributed by atoms with Crippen LogP contribution in [0.5, 0.6) is 0 Å². The molecule has 0 unspecified atom stereocenters. The number of para-hydroxylation sites is 2. The van der Waals surface area contributed by atoms with Gasteiger partial charge in [-0.05, 0) is 37.0 Å². The van der Waals surface area contributed by atoms with E-state index in [1.807, 2.05) is 30.3 Å². The molecule has 1 aromatic carbocycles. The van der Waals surface area contributed by atoms with Crippen molar-refractivity contribution in [1.29, 1.82) is 0 Å². The zero-order valence-electron chi connectivity index (χ0n) is 10.4. The maximum Gasteiger partial charge on any atom is 0.188 e. The topological polar surface area (TPSA) is 42.9 Å². The van der Waals surface area contributed by atoms with Crippen molar-refractivity contribution >= 4 is 28.5 Å². The van der Waals surface area contributed by atoms with Crippen LogP contribution in [0.4, 0.5) is 0 Å². The molecule has 0 aliphatic heterocycles. The van der Waals surface area contributed by atoms with E-state index in [9.17, 15) is 4.79 Å². The molecular formula is C16H12N2O. The van der Waals surface area contributed by atoms with Crippen LogP contribution in [0.1, 0.15) is 19.3 Å². The molecule has 1 heterocycles. The quantitative estimate of drug-likeness (QED) is 0.705. The first-order valence-electron chi connectivity index (χ1n) is 6.55. The smallest absolute Gasteiger partial charge is 0.188 e. The average molecular weight is 248 g/mol. The van der Waals surface area contributed by atoms with Gasteiger partial charge in [0, 0.05) is 11.6 Å². The number of Topliss-reactive ketones (excluding diaryl/α,β-unsaturated/α-hetero) is 1. The van der Waals surface area contributed by atoms with Gasteiger partial charge >= 0.3 is 0 Å². The van der Waals surface area contributed by atoms with Gasteiger partial charge in [-0.1, -0.05) is 18.2 Å². The van der Waals surface area contributed by atoms with Gasteiger partial charge in [-0.3, -0.25) is 4.79 Å². The largest absolute Gasteiger partial charge is 0.289 e. The molecule has 0 N–H and O–H groups in total. The van der Waals surface area contributed by atoms with E-state index in [4.69, 9.17) is 4.98 Å². The molecule has 2 aliphatic carbocycles. The normalized spacial score (nSPS) is 17.6. The minimum Gasteiger partial charge on any atom is -0.289 e. The van der Waals surface area contributed by atoms with Crippen molar-refractivity contribution in [2.24, 2.45) is 0 Å². The van der Waals surface area contributed by atoms with Gasteiger partial charge in [-0.15, -0.1) is 0 Å². The standard InChI is InChI=1S/C16H12N2O/c19-15-9-14-16(11-6-2-1-5-10(11)15)18-13-8-4-3-7-12(13)17-14/h3-5,7-9H,1-2,6H2. The number of rotatable bonds is 0. The summed E-state index contributed by atoms with van der Waals surface area (Å²) in [7, 11) is 0. The van der Waals surface area contributed by atoms with Gasteiger partial charge in [-0.25, -0.2) is 9.97 Å². The average Bonchev–Trinajstić information content (AvgIpc) is 2.46. The van der Waals surface area contributed by atoms with Crippen molar-refractivity contribution in [3.8, 4) is 0 Å². The van der Waals surface area contributed by atoms with Gasteiger partial charge in [-0.2, -0.15) is 0 Å². The Bertz CT molecular complexity index is 862. The summed E-state index contributed by atoms with van der Waals surface area (Å²) in [5.41, 5.74) is 3.64. The third-order valence-corrected chi connectivity index (χ3v) is 3.72. The Morgan fingerprint density at radius 1 is 1.05 bits per heavy atom. The molecule has 2 aromatic rings. The van der Waals surface area contributed by atoms with Crippen LogP contribution in [-0.2, 0) is 4.79 Å². The molecule has 0 amide bonds. The number of fused-ring (bicyclic) bond motifs is 3. The fourth-order valence-corrected chi connectivity index (χ4v) is 2.82. The van der Waals surface area contributed by atoms with Crippen LogP contribution >= 0.6 is 0 Å². The number of aromatic nitrogens is 2. The van der Waals surface area contributed by atoms with Gasteiger partial charge in [0.2, 0.25) is 0 Å². The summed E-state index contributed by atoms with van der Waals surface area (Å²) in [6.07, 6.45) is 6.65. The lowest BCUT2D eigenvalue weighted by Gasteiger charge is -2.17. The molecular weight excluding hydrogens is 236 g/mol. The summed E-state index contributed by atoms with van der Waals surface area (Å²) >= 11 is 0. The van der Waals surface area contributed by atoms with Crippen LogP contribution in [0.3, 0.4) is 0 Å². The Kier molecular flexibility index (Phi) is 2.15. The second kappa shape index (κ2) is 3.85. The van der Waals surface area contributed by atoms with Crippen molar-refractivity contribution < 1.29 is 4.79 Å². The van der Waals surface area contributed by atoms with Gasteiger partial charge in [0.25, 0.3) is 0 Å². The van der Waals surface area contributed by atoms with E-state index in [-0.39, 0.29) is 5.78 Å². The predicted molar refractivity (Wildman–Crippen MR) is 73.6 cm³/mol. The summed E-state index contributed by atoms with van der Waals surface area (Å²) < 4.78 is 0. The molecule has 4 rings (SSSR count). The third-order valence-electron chi connectivity index (χ3n) is 3.72. The van der Waals surface area contributed by atoms with Crippen molar-refractivity contribution in [1.82, 2.24) is 9.97 Å². The van der Waals surface area contributed by atoms with Gasteiger partial charge in [0.1, 0.15) is 0 Å². The Morgan fingerprint density at radius 2 is 1.84 bits per heavy atom. The molecule has 0 spiro atoms. The number of carbonyl (C=O) groups is 1. The highest BCUT2D eigenvalue weighted by molar-refractivity contribution is 6.24. The van der Waals surface area contributed by atoms with E-state index in [2.05, 4.69) is 4.98 Å². The van der Waals surface area contributed by atoms with E-state index in [0.29, 0.717) is 0 Å². The summed E-state index contributed by atoms with van der Waals surface area (Å²) in [6, 6.07) is 7.79. The number of allylic oxidation sites excluding steroid dienone is 2. The van der Waals surface area contributed by atoms with E-state index >= 15 is 0 Å². The number of nitrogens with zero attached hydrogens (tertiary/aromatic N) is 2. The van der Waals surface area contributed by atoms with E-state index in [1.165, 1.54) is 0 Å². The number of carbonyl (C=O) groups excluding carboxylic acids is 1. The number of hydrogen-bond donors (Lipinski definition) is 0. The van der Waals surface area contributed by atoms with Crippen molar-refractivity contribution in [2.75, 3.05) is 0 Å². The lowest BCUT2D eigenvalue weighted by Crippen LogP contribution is -2.39. The Morgan fingerprint density at radius 3 is 2.68 bits per heavy atom. The second-order valence-corrected chi connectivity index (χ2v) is 4.94. The molecule has 0 saturated carbocycles. The number of benzene rings is 1. The van der Waals surface area contributed by atoms with Gasteiger partial charge < -0.3 is 0 Å². The zero-order chi connectivity index (χ0) is 12.8. The first-order chi connectivity index (χ1) is 9.33. The van der Waals surface area contributed by atoms with Crippen molar-refractivity contribution in [3.05, 3.63) is 46.6 Å². The maximum absolute atomic E-state index is 12.1. The molecule has 3 nitrogen and oxygen atoms in total. The van der Waals surface area contributed by atoms with Crippen LogP contribution in [0, 0.1) is 0 Å². The molecule has 0 radical (unpaired) electrons. The third kappa shape index (κ3) is 1.55. The summed E-state index contributed by atoms with van der Waals surface area (Å²) in [4.78, 5) is 21.4. The van der Waals surface area contributed by atoms with E-state index < -0.39 is 0 Å². The highest BCUT2D eigenvalue weighted by atomic mass is 16.1. The van der Waals surface area contributed by atoms with E-state index in [1.54, 1.807) is 6.08 Å². The molecule has 19 heavy (non-hydrogen) atoms. The first kappa shape index (κ1) is 10.6. The SMILES string of the molecule is O=C1C=c2nc3ccccc3nc2=C2CCCC=C12. The second-order valence-electron chi connectivity index (χ2n) is 4.94. The zero-order valence-corrected chi connectivity index (χ0v) is 10.4. The van der Waals surface area contributed by atoms with Gasteiger partial charge in [0.05, 0.1) is 21.7 Å². The number of ketones is 1. The van der Waals surface area contributed by atoms with Crippen LogP contribution in [0.2, 0.25) is 0 Å². The lowest BCUT2D eigenvalue weighted by molar-refractivity contribution is -0.109. The van der Waals surface area contributed by atoms with E-state index in [0.717, 1.165) is 52.1 Å². The van der Waals surface area contributed by atoms with Crippen LogP contribution in [0.25, 0.3) is 22.7 Å². The fourth-order valence-electron chi connectivity index (χ4n) is 2.82. The predicted octanol–water partition coefficient (Wildman–Crippen LogP) is 1.25. The van der Waals surface area contributed by atoms with Crippen LogP contribution in [-0.4, -0.2) is 15.8 Å². The number of hydrogen-bond acceptors (Lipinski definition) is 3. The first-order valence-corrected chi connectivity index (χ1v) is 6.55. The molecule has 0 atom stereocenters. The molecule has 2 aliphatic rings. The highest BCUT2D eigenvalue weighted by Crippen LogP contribution is 2.25. The molecule has 0 fully saturated rings. The van der Waals surface area contributed by atoms with Crippen LogP contribution < -0.4 is 10.7 Å². The van der Waals surface area contributed by atoms with Crippen molar-refractivity contribution in [2.45, 2.75) is 19.3 Å². The summed E-state index contributed by atoms with van der Waals surface area (Å²) in [5, 5.41) is 1.61. The highest BCUT2D eigenvalue weighted by Gasteiger charge is 2.21. The molecule has 0 bridgehead atoms. The maximum atomic E-state index is 12.1. The Labute approximate surface area is 110 Å². The summed E-state index contributed by atoms with van der Waals surface area (Å²) in [5.74, 6) is 0.0757. The van der Waals surface area contributed by atoms with Gasteiger partial charge in [0.15, 0.2) is 5.78 Å². The minimum absolute atomic E-state index is 0.0757. The Hall–Kier alpha value is -2.29. The lowest BCUT2D eigenvalue weighted by atomic mass is 9.88. The molecule has 0 saturated heterocycles. The molecule has 1 aromatic heterocycles. The monoisotopic (exact) mass is 248 g/mol. The van der Waals surface area contributed by atoms with Crippen molar-refractivity contribution in [3.63, 3.8) is 0 Å².